The molecule has 0 aromatic heterocycles. The lowest BCUT2D eigenvalue weighted by molar-refractivity contribution is -0.274. The van der Waals surface area contributed by atoms with Gasteiger partial charge in [-0.15, -0.1) is 13.2 Å². The molecule has 0 spiro atoms. The minimum Gasteiger partial charge on any atom is -0.406 e. The third-order valence-corrected chi connectivity index (χ3v) is 3.95. The number of alkyl halides is 3. The fourth-order valence-corrected chi connectivity index (χ4v) is 2.74. The van der Waals surface area contributed by atoms with Crippen LogP contribution >= 0.6 is 0 Å². The van der Waals surface area contributed by atoms with Crippen molar-refractivity contribution in [1.82, 2.24) is 5.32 Å². The molecule has 0 bridgehead atoms. The highest BCUT2D eigenvalue weighted by atomic mass is 19.4. The third-order valence-electron chi connectivity index (χ3n) is 3.95. The lowest BCUT2D eigenvalue weighted by atomic mass is 9.88. The second-order valence-electron chi connectivity index (χ2n) is 5.68. The Hall–Kier alpha value is -1.72. The Morgan fingerprint density at radius 2 is 1.77 bits per heavy atom. The van der Waals surface area contributed by atoms with Gasteiger partial charge in [-0.25, -0.2) is 0 Å². The molecule has 1 aliphatic carbocycles. The zero-order chi connectivity index (χ0) is 16.2. The number of carbonyl (C=O) groups excluding carboxylic acids is 1. The van der Waals surface area contributed by atoms with E-state index >= 15 is 0 Å². The highest BCUT2D eigenvalue weighted by Gasteiger charge is 2.31. The van der Waals surface area contributed by atoms with Gasteiger partial charge in [-0.2, -0.15) is 0 Å². The van der Waals surface area contributed by atoms with Gasteiger partial charge < -0.3 is 10.1 Å². The number of hydrogen-bond acceptors (Lipinski definition) is 2. The number of carbonyl (C=O) groups is 1. The molecule has 1 aromatic rings. The quantitative estimate of drug-likeness (QED) is 0.897. The Morgan fingerprint density at radius 3 is 2.32 bits per heavy atom. The molecule has 22 heavy (non-hydrogen) atoms. The van der Waals surface area contributed by atoms with Gasteiger partial charge in [0, 0.05) is 5.92 Å². The number of hydrogen-bond donors (Lipinski definition) is 1. The average molecular weight is 315 g/mol. The van der Waals surface area contributed by atoms with Crippen molar-refractivity contribution >= 4 is 5.91 Å². The van der Waals surface area contributed by atoms with Crippen LogP contribution in [0.4, 0.5) is 13.2 Å². The standard InChI is InChI=1S/C16H20F3NO2/c1-11(20-15(21)13-5-3-2-4-6-13)12-7-9-14(10-8-12)22-16(17,18)19/h7-11,13H,2-6H2,1H3,(H,20,21). The fraction of sp³-hybridized carbons (Fsp3) is 0.562. The molecule has 1 aromatic carbocycles. The van der Waals surface area contributed by atoms with E-state index in [2.05, 4.69) is 10.1 Å². The number of ether oxygens (including phenoxy) is 1. The predicted molar refractivity (Wildman–Crippen MR) is 76.3 cm³/mol. The molecule has 1 unspecified atom stereocenters. The number of benzene rings is 1. The largest absolute Gasteiger partial charge is 0.573 e. The lowest BCUT2D eigenvalue weighted by Crippen LogP contribution is -2.33. The SMILES string of the molecule is CC(NC(=O)C1CCCCC1)c1ccc(OC(F)(F)F)cc1. The van der Waals surface area contributed by atoms with E-state index in [4.69, 9.17) is 0 Å². The lowest BCUT2D eigenvalue weighted by Gasteiger charge is -2.23. The Labute approximate surface area is 127 Å². The Morgan fingerprint density at radius 1 is 1.18 bits per heavy atom. The van der Waals surface area contributed by atoms with E-state index < -0.39 is 6.36 Å². The topological polar surface area (TPSA) is 38.3 Å². The van der Waals surface area contributed by atoms with Gasteiger partial charge in [0.15, 0.2) is 0 Å². The maximum atomic E-state index is 12.2. The van der Waals surface area contributed by atoms with E-state index in [1.165, 1.54) is 30.7 Å². The molecule has 0 saturated heterocycles. The smallest absolute Gasteiger partial charge is 0.406 e. The first kappa shape index (κ1) is 16.6. The van der Waals surface area contributed by atoms with Crippen molar-refractivity contribution in [1.29, 1.82) is 0 Å². The van der Waals surface area contributed by atoms with Crippen molar-refractivity contribution < 1.29 is 22.7 Å². The molecule has 3 nitrogen and oxygen atoms in total. The van der Waals surface area contributed by atoms with Crippen LogP contribution in [0.1, 0.15) is 50.6 Å². The minimum absolute atomic E-state index is 0.0304. The van der Waals surface area contributed by atoms with E-state index in [1.807, 2.05) is 6.92 Å². The number of rotatable bonds is 4. The molecule has 0 radical (unpaired) electrons. The monoisotopic (exact) mass is 315 g/mol. The zero-order valence-corrected chi connectivity index (χ0v) is 12.5. The molecule has 2 rings (SSSR count). The van der Waals surface area contributed by atoms with Crippen molar-refractivity contribution in [3.8, 4) is 5.75 Å². The second-order valence-corrected chi connectivity index (χ2v) is 5.68. The summed E-state index contributed by atoms with van der Waals surface area (Å²) < 4.78 is 40.1. The second kappa shape index (κ2) is 7.03. The summed E-state index contributed by atoms with van der Waals surface area (Å²) in [6, 6.07) is 5.34. The highest BCUT2D eigenvalue weighted by Crippen LogP contribution is 2.26. The normalized spacial score (nSPS) is 17.8. The summed E-state index contributed by atoms with van der Waals surface area (Å²) in [5, 5.41) is 2.93. The molecule has 1 fully saturated rings. The van der Waals surface area contributed by atoms with Crippen molar-refractivity contribution in [2.75, 3.05) is 0 Å². The molecule has 1 saturated carbocycles. The molecule has 122 valence electrons. The van der Waals surface area contributed by atoms with Gasteiger partial charge in [0.1, 0.15) is 5.75 Å². The van der Waals surface area contributed by atoms with Crippen LogP contribution in [0.15, 0.2) is 24.3 Å². The molecule has 6 heteroatoms. The molecule has 1 atom stereocenters. The maximum absolute atomic E-state index is 12.2. The van der Waals surface area contributed by atoms with Crippen molar-refractivity contribution in [3.63, 3.8) is 0 Å². The van der Waals surface area contributed by atoms with E-state index in [-0.39, 0.29) is 23.6 Å². The van der Waals surface area contributed by atoms with Crippen molar-refractivity contribution in [3.05, 3.63) is 29.8 Å². The van der Waals surface area contributed by atoms with Crippen LogP contribution in [0.2, 0.25) is 0 Å². The van der Waals surface area contributed by atoms with Gasteiger partial charge in [0.2, 0.25) is 5.91 Å². The summed E-state index contributed by atoms with van der Waals surface area (Å²) >= 11 is 0. The number of nitrogens with one attached hydrogen (secondary N) is 1. The molecule has 0 aliphatic heterocycles. The van der Waals surface area contributed by atoms with E-state index in [0.717, 1.165) is 31.2 Å². The number of amides is 1. The Kier molecular flexibility index (Phi) is 5.32. The van der Waals surface area contributed by atoms with Gasteiger partial charge in [0.25, 0.3) is 0 Å². The van der Waals surface area contributed by atoms with Crippen LogP contribution < -0.4 is 10.1 Å². The molecular formula is C16H20F3NO2. The van der Waals surface area contributed by atoms with E-state index in [9.17, 15) is 18.0 Å². The molecular weight excluding hydrogens is 295 g/mol. The molecule has 1 N–H and O–H groups in total. The molecule has 0 heterocycles. The first-order valence-corrected chi connectivity index (χ1v) is 7.51. The van der Waals surface area contributed by atoms with Crippen LogP contribution in [-0.2, 0) is 4.79 Å². The van der Waals surface area contributed by atoms with Crippen LogP contribution in [-0.4, -0.2) is 12.3 Å². The summed E-state index contributed by atoms with van der Waals surface area (Å²) in [6.07, 6.45) is 0.474. The highest BCUT2D eigenvalue weighted by molar-refractivity contribution is 5.79. The maximum Gasteiger partial charge on any atom is 0.573 e. The Bertz CT molecular complexity index is 493. The predicted octanol–water partition coefficient (Wildman–Crippen LogP) is 4.34. The summed E-state index contributed by atoms with van der Waals surface area (Å²) in [7, 11) is 0. The van der Waals surface area contributed by atoms with E-state index in [0.29, 0.717) is 0 Å². The molecule has 1 aliphatic rings. The first-order valence-electron chi connectivity index (χ1n) is 7.51. The third kappa shape index (κ3) is 4.93. The van der Waals surface area contributed by atoms with Crippen LogP contribution in [0.5, 0.6) is 5.75 Å². The van der Waals surface area contributed by atoms with Gasteiger partial charge in [-0.1, -0.05) is 31.4 Å². The van der Waals surface area contributed by atoms with Crippen molar-refractivity contribution in [2.24, 2.45) is 5.92 Å². The summed E-state index contributed by atoms with van der Waals surface area (Å²) in [5.74, 6) is -0.172. The van der Waals surface area contributed by atoms with Crippen molar-refractivity contribution in [2.45, 2.75) is 51.4 Å². The summed E-state index contributed by atoms with van der Waals surface area (Å²) in [4.78, 5) is 12.2. The first-order chi connectivity index (χ1) is 10.3. The van der Waals surface area contributed by atoms with Gasteiger partial charge in [-0.3, -0.25) is 4.79 Å². The van der Waals surface area contributed by atoms with Gasteiger partial charge in [-0.05, 0) is 37.5 Å². The average Bonchev–Trinajstić information content (AvgIpc) is 2.47. The zero-order valence-electron chi connectivity index (χ0n) is 12.5. The molecule has 1 amide bonds. The van der Waals surface area contributed by atoms with Gasteiger partial charge in [0.05, 0.1) is 6.04 Å². The van der Waals surface area contributed by atoms with E-state index in [1.54, 1.807) is 0 Å². The Balaban J connectivity index is 1.91. The van der Waals surface area contributed by atoms with Gasteiger partial charge >= 0.3 is 6.36 Å². The summed E-state index contributed by atoms with van der Waals surface area (Å²) in [6.45, 7) is 1.82. The minimum atomic E-state index is -4.69. The fourth-order valence-electron chi connectivity index (χ4n) is 2.74. The van der Waals surface area contributed by atoms with Crippen LogP contribution in [0, 0.1) is 5.92 Å². The number of halogens is 3. The summed E-state index contributed by atoms with van der Waals surface area (Å²) in [5.41, 5.74) is 0.749. The van der Waals surface area contributed by atoms with Crippen LogP contribution in [0.3, 0.4) is 0 Å². The van der Waals surface area contributed by atoms with Crippen LogP contribution in [0.25, 0.3) is 0 Å².